The minimum Gasteiger partial charge on any atom is -0.438 e. The van der Waals surface area contributed by atoms with Crippen molar-refractivity contribution in [1.82, 2.24) is 9.88 Å². The van der Waals surface area contributed by atoms with E-state index in [0.29, 0.717) is 19.4 Å². The second-order valence-electron chi connectivity index (χ2n) is 9.16. The standard InChI is InChI=1S/C23H31N3O3S/c1-17-14-24-20(30-17)25-12-7-10-19(15-25)26-13-11-23(29-21(26)27,16-22(2,3)28)18-8-5-4-6-9-18/h4-6,8-9,14,19,28H,7,10-13,15-16H2,1-3H3. The summed E-state index contributed by atoms with van der Waals surface area (Å²) in [6.07, 6.45) is 4.67. The second-order valence-corrected chi connectivity index (χ2v) is 10.4. The number of aryl methyl sites for hydroxylation is 1. The summed E-state index contributed by atoms with van der Waals surface area (Å²) in [5.74, 6) is 0. The van der Waals surface area contributed by atoms with E-state index < -0.39 is 11.2 Å². The molecular formula is C23H31N3O3S. The van der Waals surface area contributed by atoms with Crippen molar-refractivity contribution in [1.29, 1.82) is 0 Å². The number of hydrogen-bond donors (Lipinski definition) is 1. The molecule has 2 unspecified atom stereocenters. The summed E-state index contributed by atoms with van der Waals surface area (Å²) in [7, 11) is 0. The molecule has 2 aliphatic heterocycles. The smallest absolute Gasteiger partial charge is 0.410 e. The van der Waals surface area contributed by atoms with Gasteiger partial charge in [-0.05, 0) is 39.2 Å². The number of piperidine rings is 1. The minimum absolute atomic E-state index is 0.117. The largest absolute Gasteiger partial charge is 0.438 e. The predicted molar refractivity (Wildman–Crippen MR) is 119 cm³/mol. The first kappa shape index (κ1) is 21.1. The number of aliphatic hydroxyl groups is 1. The number of rotatable bonds is 5. The van der Waals surface area contributed by atoms with Gasteiger partial charge >= 0.3 is 6.09 Å². The van der Waals surface area contributed by atoms with Crippen LogP contribution in [-0.4, -0.2) is 52.4 Å². The summed E-state index contributed by atoms with van der Waals surface area (Å²) < 4.78 is 6.14. The van der Waals surface area contributed by atoms with Crippen molar-refractivity contribution in [3.05, 3.63) is 47.0 Å². The molecule has 0 aliphatic carbocycles. The van der Waals surface area contributed by atoms with Crippen molar-refractivity contribution in [3.63, 3.8) is 0 Å². The number of amides is 1. The summed E-state index contributed by atoms with van der Waals surface area (Å²) in [6.45, 7) is 7.99. The number of carbonyl (C=O) groups is 1. The van der Waals surface area contributed by atoms with E-state index in [-0.39, 0.29) is 12.1 Å². The average Bonchev–Trinajstić information content (AvgIpc) is 3.14. The highest BCUT2D eigenvalue weighted by Gasteiger charge is 2.47. The Hall–Kier alpha value is -2.12. The fraction of sp³-hybridized carbons (Fsp3) is 0.565. The van der Waals surface area contributed by atoms with Crippen LogP contribution in [0.4, 0.5) is 9.93 Å². The van der Waals surface area contributed by atoms with E-state index in [4.69, 9.17) is 4.74 Å². The molecule has 162 valence electrons. The Morgan fingerprint density at radius 3 is 2.70 bits per heavy atom. The Bertz CT molecular complexity index is 879. The average molecular weight is 430 g/mol. The molecule has 2 aliphatic rings. The predicted octanol–water partition coefficient (Wildman–Crippen LogP) is 4.32. The van der Waals surface area contributed by atoms with Crippen molar-refractivity contribution < 1.29 is 14.6 Å². The second kappa shape index (κ2) is 8.19. The molecule has 7 heteroatoms. The van der Waals surface area contributed by atoms with E-state index in [9.17, 15) is 9.90 Å². The van der Waals surface area contributed by atoms with Crippen LogP contribution in [-0.2, 0) is 10.3 Å². The van der Waals surface area contributed by atoms with Gasteiger partial charge in [0.1, 0.15) is 5.60 Å². The van der Waals surface area contributed by atoms with Crippen LogP contribution in [0.1, 0.15) is 50.0 Å². The van der Waals surface area contributed by atoms with Gasteiger partial charge in [-0.25, -0.2) is 9.78 Å². The van der Waals surface area contributed by atoms with Gasteiger partial charge in [0.25, 0.3) is 0 Å². The van der Waals surface area contributed by atoms with Gasteiger partial charge in [-0.1, -0.05) is 30.3 Å². The molecule has 6 nitrogen and oxygen atoms in total. The Kier molecular flexibility index (Phi) is 5.77. The van der Waals surface area contributed by atoms with Crippen molar-refractivity contribution in [2.24, 2.45) is 0 Å². The highest BCUT2D eigenvalue weighted by molar-refractivity contribution is 7.15. The number of nitrogens with zero attached hydrogens (tertiary/aromatic N) is 3. The van der Waals surface area contributed by atoms with E-state index in [1.165, 1.54) is 4.88 Å². The molecule has 1 amide bonds. The van der Waals surface area contributed by atoms with Gasteiger partial charge in [-0.15, -0.1) is 11.3 Å². The summed E-state index contributed by atoms with van der Waals surface area (Å²) in [5.41, 5.74) is -0.792. The van der Waals surface area contributed by atoms with Gasteiger partial charge < -0.3 is 19.6 Å². The molecule has 0 saturated carbocycles. The zero-order valence-electron chi connectivity index (χ0n) is 18.0. The van der Waals surface area contributed by atoms with Crippen LogP contribution in [0.25, 0.3) is 0 Å². The summed E-state index contributed by atoms with van der Waals surface area (Å²) in [4.78, 5) is 23.1. The number of carbonyl (C=O) groups excluding carboxylic acids is 1. The van der Waals surface area contributed by atoms with Gasteiger partial charge in [0.2, 0.25) is 0 Å². The lowest BCUT2D eigenvalue weighted by Gasteiger charge is -2.47. The number of anilines is 1. The highest BCUT2D eigenvalue weighted by Crippen LogP contribution is 2.41. The van der Waals surface area contributed by atoms with E-state index in [0.717, 1.165) is 36.6 Å². The van der Waals surface area contributed by atoms with E-state index in [1.54, 1.807) is 25.2 Å². The first-order valence-corrected chi connectivity index (χ1v) is 11.5. The lowest BCUT2D eigenvalue weighted by atomic mass is 9.80. The Balaban J connectivity index is 1.51. The van der Waals surface area contributed by atoms with E-state index in [2.05, 4.69) is 16.8 Å². The van der Waals surface area contributed by atoms with E-state index >= 15 is 0 Å². The number of ether oxygens (including phenoxy) is 1. The van der Waals surface area contributed by atoms with Crippen molar-refractivity contribution >= 4 is 22.6 Å². The summed E-state index contributed by atoms with van der Waals surface area (Å²) in [5, 5.41) is 11.6. The zero-order chi connectivity index (χ0) is 21.4. The van der Waals surface area contributed by atoms with Gasteiger partial charge in [-0.3, -0.25) is 0 Å². The number of thiazole rings is 1. The topological polar surface area (TPSA) is 65.9 Å². The van der Waals surface area contributed by atoms with E-state index in [1.807, 2.05) is 41.4 Å². The third kappa shape index (κ3) is 4.47. The molecule has 3 heterocycles. The third-order valence-corrected chi connectivity index (χ3v) is 6.98. The van der Waals surface area contributed by atoms with Gasteiger partial charge in [-0.2, -0.15) is 0 Å². The number of benzene rings is 1. The molecule has 2 aromatic rings. The molecule has 0 spiro atoms. The molecule has 0 radical (unpaired) electrons. The molecule has 1 aromatic carbocycles. The zero-order valence-corrected chi connectivity index (χ0v) is 18.8. The van der Waals surface area contributed by atoms with Gasteiger partial charge in [0, 0.05) is 43.5 Å². The Morgan fingerprint density at radius 1 is 1.30 bits per heavy atom. The molecule has 2 fully saturated rings. The molecule has 2 saturated heterocycles. The van der Waals surface area contributed by atoms with Crippen LogP contribution >= 0.6 is 11.3 Å². The maximum atomic E-state index is 13.2. The molecular weight excluding hydrogens is 398 g/mol. The Labute approximate surface area is 182 Å². The Morgan fingerprint density at radius 2 is 2.07 bits per heavy atom. The minimum atomic E-state index is -0.942. The third-order valence-electron chi connectivity index (χ3n) is 6.01. The van der Waals surface area contributed by atoms with Crippen LogP contribution in [0, 0.1) is 6.92 Å². The van der Waals surface area contributed by atoms with Gasteiger partial charge in [0.15, 0.2) is 5.13 Å². The molecule has 4 rings (SSSR count). The highest BCUT2D eigenvalue weighted by atomic mass is 32.1. The maximum Gasteiger partial charge on any atom is 0.410 e. The summed E-state index contributed by atoms with van der Waals surface area (Å²) >= 11 is 1.70. The molecule has 1 N–H and O–H groups in total. The molecule has 30 heavy (non-hydrogen) atoms. The number of aromatic nitrogens is 1. The number of cyclic esters (lactones) is 1. The first-order chi connectivity index (χ1) is 14.3. The normalized spacial score (nSPS) is 25.3. The lowest BCUT2D eigenvalue weighted by Crippen LogP contribution is -2.57. The van der Waals surface area contributed by atoms with Crippen LogP contribution in [0.3, 0.4) is 0 Å². The SMILES string of the molecule is Cc1cnc(N2CCCC(N3CCC(CC(C)(C)O)(c4ccccc4)OC3=O)C2)s1. The number of hydrogen-bond acceptors (Lipinski definition) is 6. The summed E-state index contributed by atoms with van der Waals surface area (Å²) in [6, 6.07) is 9.96. The van der Waals surface area contributed by atoms with Gasteiger partial charge in [0.05, 0.1) is 11.6 Å². The van der Waals surface area contributed by atoms with Crippen molar-refractivity contribution in [2.45, 2.75) is 63.7 Å². The molecule has 1 aromatic heterocycles. The lowest BCUT2D eigenvalue weighted by molar-refractivity contribution is -0.102. The molecule has 2 atom stereocenters. The quantitative estimate of drug-likeness (QED) is 0.767. The van der Waals surface area contributed by atoms with Crippen molar-refractivity contribution in [3.8, 4) is 0 Å². The van der Waals surface area contributed by atoms with Crippen LogP contribution in [0.2, 0.25) is 0 Å². The fourth-order valence-corrected chi connectivity index (χ4v) is 5.54. The van der Waals surface area contributed by atoms with Crippen LogP contribution < -0.4 is 4.90 Å². The van der Waals surface area contributed by atoms with Crippen LogP contribution in [0.15, 0.2) is 36.5 Å². The molecule has 0 bridgehead atoms. The fourth-order valence-electron chi connectivity index (χ4n) is 4.74. The maximum absolute atomic E-state index is 13.2. The first-order valence-electron chi connectivity index (χ1n) is 10.7. The van der Waals surface area contributed by atoms with Crippen molar-refractivity contribution in [2.75, 3.05) is 24.5 Å². The van der Waals surface area contributed by atoms with Crippen LogP contribution in [0.5, 0.6) is 0 Å². The monoisotopic (exact) mass is 429 g/mol.